The van der Waals surface area contributed by atoms with E-state index in [4.69, 9.17) is 15.5 Å². The Morgan fingerprint density at radius 3 is 2.81 bits per heavy atom. The molecule has 1 heterocycles. The molecule has 0 aliphatic heterocycles. The molecule has 1 amide bonds. The summed E-state index contributed by atoms with van der Waals surface area (Å²) < 4.78 is 5.34. The fraction of sp³-hybridized carbons (Fsp3) is 0.368. The molecule has 3 N–H and O–H groups in total. The van der Waals surface area contributed by atoms with E-state index in [1.165, 1.54) is 4.88 Å². The lowest BCUT2D eigenvalue weighted by Gasteiger charge is -2.21. The van der Waals surface area contributed by atoms with Gasteiger partial charge in [0.1, 0.15) is 5.75 Å². The molecule has 0 bridgehead atoms. The van der Waals surface area contributed by atoms with Crippen LogP contribution in [0, 0.1) is 0 Å². The third kappa shape index (κ3) is 8.61. The number of rotatable bonds is 9. The Morgan fingerprint density at radius 2 is 2.15 bits per heavy atom. The van der Waals surface area contributed by atoms with Crippen LogP contribution in [0.15, 0.2) is 46.8 Å². The van der Waals surface area contributed by atoms with E-state index in [0.717, 1.165) is 31.0 Å². The minimum atomic E-state index is -0.491. The molecule has 2 rings (SSSR count). The van der Waals surface area contributed by atoms with Crippen LogP contribution in [0.1, 0.15) is 17.4 Å². The van der Waals surface area contributed by atoms with E-state index in [2.05, 4.69) is 34.7 Å². The molecule has 0 aliphatic carbocycles. The number of nitrogens with one attached hydrogen (secondary N) is 1. The van der Waals surface area contributed by atoms with Gasteiger partial charge < -0.3 is 20.7 Å². The lowest BCUT2D eigenvalue weighted by molar-refractivity contribution is -0.119. The van der Waals surface area contributed by atoms with Gasteiger partial charge in [-0.1, -0.05) is 18.2 Å². The van der Waals surface area contributed by atoms with Crippen molar-refractivity contribution in [3.63, 3.8) is 0 Å². The van der Waals surface area contributed by atoms with Gasteiger partial charge in [-0.05, 0) is 42.5 Å². The van der Waals surface area contributed by atoms with E-state index >= 15 is 0 Å². The summed E-state index contributed by atoms with van der Waals surface area (Å²) in [6.07, 6.45) is 0.995. The molecule has 0 atom stereocenters. The SMILES string of the molecule is CCNC(=NCc1cccc(OCC(N)=O)c1)N(C)CCc1cccs1.I. The maximum absolute atomic E-state index is 10.8. The molecule has 0 unspecified atom stereocenters. The number of hydrogen-bond donors (Lipinski definition) is 2. The molecule has 0 saturated carbocycles. The first kappa shape index (κ1) is 23.2. The molecule has 148 valence electrons. The lowest BCUT2D eigenvalue weighted by atomic mass is 10.2. The number of thiophene rings is 1. The molecular weight excluding hydrogens is 475 g/mol. The number of aliphatic imine (C=N–C) groups is 1. The number of guanidine groups is 1. The average Bonchev–Trinajstić information content (AvgIpc) is 3.15. The van der Waals surface area contributed by atoms with Gasteiger partial charge in [0.15, 0.2) is 12.6 Å². The van der Waals surface area contributed by atoms with Gasteiger partial charge in [0.2, 0.25) is 0 Å². The van der Waals surface area contributed by atoms with Gasteiger partial charge in [-0.25, -0.2) is 4.99 Å². The Bertz CT molecular complexity index is 722. The Kier molecular flexibility index (Phi) is 10.8. The number of benzene rings is 1. The number of carbonyl (C=O) groups excluding carboxylic acids is 1. The van der Waals surface area contributed by atoms with Crippen molar-refractivity contribution in [3.8, 4) is 5.75 Å². The van der Waals surface area contributed by atoms with Crippen molar-refractivity contribution in [2.45, 2.75) is 19.9 Å². The van der Waals surface area contributed by atoms with Gasteiger partial charge in [0.05, 0.1) is 6.54 Å². The van der Waals surface area contributed by atoms with Gasteiger partial charge in [-0.15, -0.1) is 35.3 Å². The fourth-order valence-electron chi connectivity index (χ4n) is 2.36. The molecule has 0 saturated heterocycles. The molecule has 6 nitrogen and oxygen atoms in total. The number of likely N-dealkylation sites (N-methyl/N-ethyl adjacent to an activating group) is 1. The van der Waals surface area contributed by atoms with Crippen LogP contribution in [0.25, 0.3) is 0 Å². The molecule has 0 radical (unpaired) electrons. The number of primary amides is 1. The number of nitrogens with zero attached hydrogens (tertiary/aromatic N) is 2. The van der Waals surface area contributed by atoms with Gasteiger partial charge in [-0.2, -0.15) is 0 Å². The number of halogens is 1. The van der Waals surface area contributed by atoms with Crippen LogP contribution in [0.2, 0.25) is 0 Å². The van der Waals surface area contributed by atoms with Crippen molar-refractivity contribution in [2.75, 3.05) is 26.7 Å². The van der Waals surface area contributed by atoms with Crippen molar-refractivity contribution in [3.05, 3.63) is 52.2 Å². The predicted molar refractivity (Wildman–Crippen MR) is 122 cm³/mol. The summed E-state index contributed by atoms with van der Waals surface area (Å²) in [6.45, 7) is 4.17. The zero-order valence-electron chi connectivity index (χ0n) is 15.7. The maximum atomic E-state index is 10.8. The van der Waals surface area contributed by atoms with E-state index < -0.39 is 5.91 Å². The van der Waals surface area contributed by atoms with E-state index in [0.29, 0.717) is 12.3 Å². The van der Waals surface area contributed by atoms with Crippen LogP contribution in [-0.4, -0.2) is 43.5 Å². The molecule has 2 aromatic rings. The first-order valence-electron chi connectivity index (χ1n) is 8.60. The highest BCUT2D eigenvalue weighted by atomic mass is 127. The Hall–Kier alpha value is -1.81. The van der Waals surface area contributed by atoms with E-state index in [9.17, 15) is 4.79 Å². The molecule has 27 heavy (non-hydrogen) atoms. The normalized spacial score (nSPS) is 10.8. The average molecular weight is 502 g/mol. The standard InChI is InChI=1S/C19H26N4O2S.HI/c1-3-21-19(23(2)10-9-17-8-5-11-26-17)22-13-15-6-4-7-16(12-15)25-14-18(20)24;/h4-8,11-12H,3,9-10,13-14H2,1-2H3,(H2,20,24)(H,21,22);1H. The summed E-state index contributed by atoms with van der Waals surface area (Å²) in [5.41, 5.74) is 6.12. The summed E-state index contributed by atoms with van der Waals surface area (Å²) in [5.74, 6) is 0.996. The van der Waals surface area contributed by atoms with Gasteiger partial charge in [0, 0.05) is 25.0 Å². The van der Waals surface area contributed by atoms with Crippen molar-refractivity contribution >= 4 is 47.2 Å². The highest BCUT2D eigenvalue weighted by Gasteiger charge is 2.07. The first-order chi connectivity index (χ1) is 12.6. The van der Waals surface area contributed by atoms with E-state index in [1.54, 1.807) is 17.4 Å². The smallest absolute Gasteiger partial charge is 0.255 e. The Labute approximate surface area is 181 Å². The van der Waals surface area contributed by atoms with Crippen LogP contribution in [0.5, 0.6) is 5.75 Å². The Morgan fingerprint density at radius 1 is 1.33 bits per heavy atom. The summed E-state index contributed by atoms with van der Waals surface area (Å²) in [6, 6.07) is 11.8. The molecule has 1 aromatic carbocycles. The zero-order valence-corrected chi connectivity index (χ0v) is 18.8. The summed E-state index contributed by atoms with van der Waals surface area (Å²) in [7, 11) is 2.04. The molecular formula is C19H27IN4O2S. The quantitative estimate of drug-likeness (QED) is 0.314. The highest BCUT2D eigenvalue weighted by Crippen LogP contribution is 2.14. The molecule has 0 fully saturated rings. The van der Waals surface area contributed by atoms with Crippen LogP contribution >= 0.6 is 35.3 Å². The number of hydrogen-bond acceptors (Lipinski definition) is 4. The second-order valence-electron chi connectivity index (χ2n) is 5.82. The molecule has 8 heteroatoms. The molecule has 1 aromatic heterocycles. The molecule has 0 spiro atoms. The topological polar surface area (TPSA) is 80.0 Å². The van der Waals surface area contributed by atoms with Gasteiger partial charge >= 0.3 is 0 Å². The minimum absolute atomic E-state index is 0. The minimum Gasteiger partial charge on any atom is -0.484 e. The number of ether oxygens (including phenoxy) is 1. The zero-order chi connectivity index (χ0) is 18.8. The number of carbonyl (C=O) groups is 1. The monoisotopic (exact) mass is 502 g/mol. The second-order valence-corrected chi connectivity index (χ2v) is 6.86. The predicted octanol–water partition coefficient (Wildman–Crippen LogP) is 2.87. The van der Waals surface area contributed by atoms with E-state index in [-0.39, 0.29) is 30.6 Å². The largest absolute Gasteiger partial charge is 0.484 e. The summed E-state index contributed by atoms with van der Waals surface area (Å²) in [4.78, 5) is 19.0. The summed E-state index contributed by atoms with van der Waals surface area (Å²) in [5, 5.41) is 5.42. The van der Waals surface area contributed by atoms with Crippen LogP contribution < -0.4 is 15.8 Å². The van der Waals surface area contributed by atoms with Crippen molar-refractivity contribution in [1.82, 2.24) is 10.2 Å². The maximum Gasteiger partial charge on any atom is 0.255 e. The van der Waals surface area contributed by atoms with Crippen LogP contribution in [-0.2, 0) is 17.8 Å². The van der Waals surface area contributed by atoms with E-state index in [1.807, 2.05) is 25.2 Å². The van der Waals surface area contributed by atoms with Crippen LogP contribution in [0.3, 0.4) is 0 Å². The summed E-state index contributed by atoms with van der Waals surface area (Å²) >= 11 is 1.77. The van der Waals surface area contributed by atoms with Gasteiger partial charge in [-0.3, -0.25) is 4.79 Å². The van der Waals surface area contributed by atoms with Crippen LogP contribution in [0.4, 0.5) is 0 Å². The third-order valence-electron chi connectivity index (χ3n) is 3.66. The first-order valence-corrected chi connectivity index (χ1v) is 9.48. The van der Waals surface area contributed by atoms with Crippen molar-refractivity contribution < 1.29 is 9.53 Å². The van der Waals surface area contributed by atoms with Gasteiger partial charge in [0.25, 0.3) is 5.91 Å². The number of amides is 1. The van der Waals surface area contributed by atoms with Crippen molar-refractivity contribution in [2.24, 2.45) is 10.7 Å². The fourth-order valence-corrected chi connectivity index (χ4v) is 3.06. The van der Waals surface area contributed by atoms with Crippen molar-refractivity contribution in [1.29, 1.82) is 0 Å². The molecule has 0 aliphatic rings. The number of nitrogens with two attached hydrogens (primary N) is 1. The second kappa shape index (κ2) is 12.6. The third-order valence-corrected chi connectivity index (χ3v) is 4.60. The lowest BCUT2D eigenvalue weighted by Crippen LogP contribution is -2.39. The Balaban J connectivity index is 0.00000364. The highest BCUT2D eigenvalue weighted by molar-refractivity contribution is 14.0.